The van der Waals surface area contributed by atoms with Gasteiger partial charge in [-0.3, -0.25) is 0 Å². The van der Waals surface area contributed by atoms with Gasteiger partial charge in [-0.1, -0.05) is 5.92 Å². The molecular weight excluding hydrogens is 245 g/mol. The molecule has 0 atom stereocenters. The van der Waals surface area contributed by atoms with Gasteiger partial charge >= 0.3 is 6.18 Å². The molecule has 96 valence electrons. The molecule has 1 fully saturated rings. The number of pyridine rings is 1. The molecule has 0 amide bonds. The maximum atomic E-state index is 13.0. The summed E-state index contributed by atoms with van der Waals surface area (Å²) < 4.78 is 44.0. The Bertz CT molecular complexity index is 473. The Morgan fingerprint density at radius 2 is 2.00 bits per heavy atom. The van der Waals surface area contributed by atoms with Crippen molar-refractivity contribution in [3.8, 4) is 12.3 Å². The van der Waals surface area contributed by atoms with Crippen LogP contribution >= 0.6 is 0 Å². The number of terminal acetylenes is 1. The van der Waals surface area contributed by atoms with Crippen molar-refractivity contribution in [3.05, 3.63) is 23.4 Å². The van der Waals surface area contributed by atoms with Gasteiger partial charge in [0.1, 0.15) is 5.82 Å². The van der Waals surface area contributed by atoms with Gasteiger partial charge in [0.2, 0.25) is 0 Å². The molecule has 2 heterocycles. The molecule has 2 rings (SSSR count). The van der Waals surface area contributed by atoms with Crippen LogP contribution in [-0.2, 0) is 10.9 Å². The Labute approximate surface area is 103 Å². The molecule has 0 bridgehead atoms. The average Bonchev–Trinajstić information content (AvgIpc) is 2.38. The predicted molar refractivity (Wildman–Crippen MR) is 60.2 cm³/mol. The number of nitrogens with zero attached hydrogens (tertiary/aromatic N) is 2. The zero-order valence-electron chi connectivity index (χ0n) is 9.50. The highest BCUT2D eigenvalue weighted by molar-refractivity contribution is 5.52. The topological polar surface area (TPSA) is 25.4 Å². The predicted octanol–water partition coefficient (Wildman–Crippen LogP) is 1.92. The molecule has 1 aliphatic rings. The van der Waals surface area contributed by atoms with Gasteiger partial charge in [0, 0.05) is 24.8 Å². The van der Waals surface area contributed by atoms with Gasteiger partial charge in [0.05, 0.1) is 18.8 Å². The van der Waals surface area contributed by atoms with Crippen molar-refractivity contribution in [1.29, 1.82) is 0 Å². The second-order valence-electron chi connectivity index (χ2n) is 3.84. The van der Waals surface area contributed by atoms with Crippen LogP contribution in [0.5, 0.6) is 0 Å². The number of ether oxygens (including phenoxy) is 1. The van der Waals surface area contributed by atoms with E-state index in [4.69, 9.17) is 11.2 Å². The summed E-state index contributed by atoms with van der Waals surface area (Å²) in [6.07, 6.45) is 1.91. The van der Waals surface area contributed by atoms with E-state index in [-0.39, 0.29) is 11.4 Å². The van der Waals surface area contributed by atoms with Gasteiger partial charge in [-0.05, 0) is 6.07 Å². The molecule has 6 heteroatoms. The lowest BCUT2D eigenvalue weighted by Gasteiger charge is -2.29. The lowest BCUT2D eigenvalue weighted by atomic mass is 10.1. The molecule has 3 nitrogen and oxygen atoms in total. The van der Waals surface area contributed by atoms with Crippen LogP contribution in [0.15, 0.2) is 12.3 Å². The lowest BCUT2D eigenvalue weighted by Crippen LogP contribution is -2.38. The van der Waals surface area contributed by atoms with Gasteiger partial charge in [0.15, 0.2) is 0 Å². The summed E-state index contributed by atoms with van der Waals surface area (Å²) >= 11 is 0. The Kier molecular flexibility index (Phi) is 3.43. The number of morpholine rings is 1. The van der Waals surface area contributed by atoms with Gasteiger partial charge in [-0.25, -0.2) is 4.98 Å². The molecule has 0 aromatic carbocycles. The molecule has 1 saturated heterocycles. The van der Waals surface area contributed by atoms with Crippen LogP contribution in [0.4, 0.5) is 19.0 Å². The van der Waals surface area contributed by atoms with E-state index in [1.165, 1.54) is 6.20 Å². The van der Waals surface area contributed by atoms with Crippen LogP contribution in [0.1, 0.15) is 11.1 Å². The highest BCUT2D eigenvalue weighted by Crippen LogP contribution is 2.36. The van der Waals surface area contributed by atoms with Crippen LogP contribution in [0.3, 0.4) is 0 Å². The van der Waals surface area contributed by atoms with E-state index in [1.807, 2.05) is 0 Å². The summed E-state index contributed by atoms with van der Waals surface area (Å²) in [6.45, 7) is 1.59. The fourth-order valence-electron chi connectivity index (χ4n) is 1.77. The fourth-order valence-corrected chi connectivity index (χ4v) is 1.77. The minimum Gasteiger partial charge on any atom is -0.378 e. The van der Waals surface area contributed by atoms with E-state index in [1.54, 1.807) is 4.90 Å². The molecular formula is C12H11F3N2O. The van der Waals surface area contributed by atoms with Gasteiger partial charge in [-0.2, -0.15) is 13.2 Å². The van der Waals surface area contributed by atoms with Crippen LogP contribution in [0.25, 0.3) is 0 Å². The summed E-state index contributed by atoms with van der Waals surface area (Å²) in [5.74, 6) is 2.08. The highest BCUT2D eigenvalue weighted by atomic mass is 19.4. The smallest absolute Gasteiger partial charge is 0.378 e. The Morgan fingerprint density at radius 1 is 1.33 bits per heavy atom. The number of alkyl halides is 3. The molecule has 0 saturated carbocycles. The molecule has 1 aromatic heterocycles. The van der Waals surface area contributed by atoms with E-state index in [2.05, 4.69) is 10.9 Å². The number of anilines is 1. The first-order valence-electron chi connectivity index (χ1n) is 5.39. The van der Waals surface area contributed by atoms with Crippen molar-refractivity contribution < 1.29 is 17.9 Å². The van der Waals surface area contributed by atoms with Crippen molar-refractivity contribution in [1.82, 2.24) is 4.98 Å². The summed E-state index contributed by atoms with van der Waals surface area (Å²) in [6, 6.07) is 0.956. The van der Waals surface area contributed by atoms with Crippen LogP contribution < -0.4 is 4.90 Å². The summed E-state index contributed by atoms with van der Waals surface area (Å²) in [5, 5.41) is 0. The Balaban J connectivity index is 2.42. The third kappa shape index (κ3) is 2.57. The van der Waals surface area contributed by atoms with Gasteiger partial charge in [0.25, 0.3) is 0 Å². The molecule has 0 aliphatic carbocycles. The van der Waals surface area contributed by atoms with Crippen molar-refractivity contribution in [3.63, 3.8) is 0 Å². The Hall–Kier alpha value is -1.74. The van der Waals surface area contributed by atoms with E-state index >= 15 is 0 Å². The second kappa shape index (κ2) is 4.86. The normalized spacial score (nSPS) is 16.4. The first kappa shape index (κ1) is 12.7. The third-order valence-corrected chi connectivity index (χ3v) is 2.65. The monoisotopic (exact) mass is 256 g/mol. The van der Waals surface area contributed by atoms with Crippen LogP contribution in [0.2, 0.25) is 0 Å². The van der Waals surface area contributed by atoms with Crippen molar-refractivity contribution in [2.45, 2.75) is 6.18 Å². The number of rotatable bonds is 1. The second-order valence-corrected chi connectivity index (χ2v) is 3.84. The van der Waals surface area contributed by atoms with E-state index < -0.39 is 11.7 Å². The average molecular weight is 256 g/mol. The highest BCUT2D eigenvalue weighted by Gasteiger charge is 2.36. The largest absolute Gasteiger partial charge is 0.420 e. The lowest BCUT2D eigenvalue weighted by molar-refractivity contribution is -0.137. The summed E-state index contributed by atoms with van der Waals surface area (Å²) in [7, 11) is 0. The third-order valence-electron chi connectivity index (χ3n) is 2.65. The number of hydrogen-bond acceptors (Lipinski definition) is 3. The van der Waals surface area contributed by atoms with Gasteiger partial charge < -0.3 is 9.64 Å². The molecule has 18 heavy (non-hydrogen) atoms. The standard InChI is InChI=1S/C12H11F3N2O/c1-2-9-7-10(12(13,14)15)11(16-8-9)17-3-5-18-6-4-17/h1,7-8H,3-6H2. The number of aromatic nitrogens is 1. The molecule has 0 N–H and O–H groups in total. The maximum absolute atomic E-state index is 13.0. The quantitative estimate of drug-likeness (QED) is 0.718. The fraction of sp³-hybridized carbons (Fsp3) is 0.417. The molecule has 1 aliphatic heterocycles. The molecule has 0 radical (unpaired) electrons. The minimum atomic E-state index is -4.46. The van der Waals surface area contributed by atoms with Crippen LogP contribution in [0, 0.1) is 12.3 Å². The van der Waals surface area contributed by atoms with Gasteiger partial charge in [-0.15, -0.1) is 6.42 Å². The van der Waals surface area contributed by atoms with Crippen molar-refractivity contribution in [2.24, 2.45) is 0 Å². The maximum Gasteiger partial charge on any atom is 0.420 e. The number of halogens is 3. The number of hydrogen-bond donors (Lipinski definition) is 0. The minimum absolute atomic E-state index is 0.0789. The van der Waals surface area contributed by atoms with Crippen molar-refractivity contribution >= 4 is 5.82 Å². The first-order valence-corrected chi connectivity index (χ1v) is 5.39. The van der Waals surface area contributed by atoms with E-state index in [0.717, 1.165) is 6.07 Å². The summed E-state index contributed by atoms with van der Waals surface area (Å²) in [4.78, 5) is 5.41. The first-order chi connectivity index (χ1) is 8.52. The van der Waals surface area contributed by atoms with Crippen LogP contribution in [-0.4, -0.2) is 31.3 Å². The van der Waals surface area contributed by atoms with E-state index in [9.17, 15) is 13.2 Å². The molecule has 0 spiro atoms. The summed E-state index contributed by atoms with van der Waals surface area (Å²) in [5.41, 5.74) is -0.667. The Morgan fingerprint density at radius 3 is 2.56 bits per heavy atom. The zero-order valence-corrected chi connectivity index (χ0v) is 9.50. The molecule has 1 aromatic rings. The molecule has 0 unspecified atom stereocenters. The van der Waals surface area contributed by atoms with Crippen molar-refractivity contribution in [2.75, 3.05) is 31.2 Å². The van der Waals surface area contributed by atoms with E-state index in [0.29, 0.717) is 26.3 Å². The zero-order chi connectivity index (χ0) is 13.2. The SMILES string of the molecule is C#Cc1cnc(N2CCOCC2)c(C(F)(F)F)c1.